The molecule has 0 aromatic carbocycles. The van der Waals surface area contributed by atoms with E-state index in [1.54, 1.807) is 0 Å². The van der Waals surface area contributed by atoms with E-state index in [1.165, 1.54) is 0 Å². The van der Waals surface area contributed by atoms with Crippen molar-refractivity contribution >= 4 is 11.2 Å². The van der Waals surface area contributed by atoms with E-state index < -0.39 is 0 Å². The van der Waals surface area contributed by atoms with Crippen LogP contribution in [0.5, 0.6) is 0 Å². The summed E-state index contributed by atoms with van der Waals surface area (Å²) < 4.78 is 7.77. The van der Waals surface area contributed by atoms with Crippen molar-refractivity contribution in [2.24, 2.45) is 0 Å². The summed E-state index contributed by atoms with van der Waals surface area (Å²) in [6.45, 7) is 4.50. The summed E-state index contributed by atoms with van der Waals surface area (Å²) in [5.41, 5.74) is 1.94. The van der Waals surface area contributed by atoms with Crippen molar-refractivity contribution in [1.29, 1.82) is 0 Å². The third kappa shape index (κ3) is 1.71. The first-order chi connectivity index (χ1) is 8.85. The lowest BCUT2D eigenvalue weighted by Gasteiger charge is -2.17. The highest BCUT2D eigenvalue weighted by Gasteiger charge is 2.32. The lowest BCUT2D eigenvalue weighted by Crippen LogP contribution is -2.32. The van der Waals surface area contributed by atoms with Gasteiger partial charge in [-0.3, -0.25) is 0 Å². The lowest BCUT2D eigenvalue weighted by molar-refractivity contribution is 0.187. The predicted octanol–water partition coefficient (Wildman–Crippen LogP) is 1.15. The lowest BCUT2D eigenvalue weighted by atomic mass is 10.0. The summed E-state index contributed by atoms with van der Waals surface area (Å²) in [4.78, 5) is 9.18. The van der Waals surface area contributed by atoms with Crippen molar-refractivity contribution in [2.45, 2.75) is 25.4 Å². The van der Waals surface area contributed by atoms with Gasteiger partial charge in [0.25, 0.3) is 0 Å². The highest BCUT2D eigenvalue weighted by Crippen LogP contribution is 2.27. The van der Waals surface area contributed by atoms with Gasteiger partial charge in [-0.15, -0.1) is 0 Å². The van der Waals surface area contributed by atoms with Crippen LogP contribution in [0.15, 0.2) is 18.3 Å². The highest BCUT2D eigenvalue weighted by molar-refractivity contribution is 5.71. The average molecular weight is 246 g/mol. The van der Waals surface area contributed by atoms with Gasteiger partial charge in [-0.25, -0.2) is 9.97 Å². The molecule has 96 valence electrons. The molecule has 1 fully saturated rings. The minimum absolute atomic E-state index is 0.309. The maximum Gasteiger partial charge on any atom is 0.159 e. The van der Waals surface area contributed by atoms with Gasteiger partial charge < -0.3 is 14.6 Å². The maximum absolute atomic E-state index is 5.57. The summed E-state index contributed by atoms with van der Waals surface area (Å²) in [6, 6.07) is 4.29. The molecule has 0 radical (unpaired) electrons. The minimum atomic E-state index is 0.309. The summed E-state index contributed by atoms with van der Waals surface area (Å²) in [5.74, 6) is 1.40. The van der Waals surface area contributed by atoms with Crippen LogP contribution >= 0.6 is 0 Å². The topological polar surface area (TPSA) is 52.0 Å². The molecule has 3 rings (SSSR count). The van der Waals surface area contributed by atoms with E-state index in [4.69, 9.17) is 9.72 Å². The third-order valence-electron chi connectivity index (χ3n) is 3.63. The Kier molecular flexibility index (Phi) is 3.01. The fourth-order valence-corrected chi connectivity index (χ4v) is 2.66. The number of ether oxygens (including phenoxy) is 1. The third-order valence-corrected chi connectivity index (χ3v) is 3.63. The van der Waals surface area contributed by atoms with Gasteiger partial charge in [0, 0.05) is 18.8 Å². The molecule has 1 aliphatic heterocycles. The molecule has 2 aromatic heterocycles. The fourth-order valence-electron chi connectivity index (χ4n) is 2.66. The van der Waals surface area contributed by atoms with Gasteiger partial charge in [0.05, 0.1) is 19.1 Å². The molecule has 2 aromatic rings. The van der Waals surface area contributed by atoms with E-state index in [0.717, 1.165) is 36.7 Å². The van der Waals surface area contributed by atoms with Crippen LogP contribution in [-0.4, -0.2) is 40.8 Å². The van der Waals surface area contributed by atoms with Gasteiger partial charge in [0.15, 0.2) is 5.65 Å². The maximum atomic E-state index is 5.57. The van der Waals surface area contributed by atoms with E-state index in [-0.39, 0.29) is 0 Å². The van der Waals surface area contributed by atoms with E-state index in [9.17, 15) is 0 Å². The molecular formula is C13H18N4O. The van der Waals surface area contributed by atoms with Crippen LogP contribution in [0, 0.1) is 0 Å². The standard InChI is InChI=1S/C13H18N4O/c1-3-17-12(9-7-18-8-11(9)14-2)16-10-5-4-6-15-13(10)17/h4-6,9,11,14H,3,7-8H2,1-2H3. The fraction of sp³-hybridized carbons (Fsp3) is 0.538. The van der Waals surface area contributed by atoms with Crippen LogP contribution < -0.4 is 5.32 Å². The normalized spacial score (nSPS) is 23.9. The van der Waals surface area contributed by atoms with Crippen LogP contribution in [0.25, 0.3) is 11.2 Å². The largest absolute Gasteiger partial charge is 0.379 e. The van der Waals surface area contributed by atoms with Crippen molar-refractivity contribution in [1.82, 2.24) is 19.9 Å². The first kappa shape index (κ1) is 11.6. The number of nitrogens with one attached hydrogen (secondary N) is 1. The minimum Gasteiger partial charge on any atom is -0.379 e. The van der Waals surface area contributed by atoms with Gasteiger partial charge in [-0.2, -0.15) is 0 Å². The van der Waals surface area contributed by atoms with Gasteiger partial charge in [-0.05, 0) is 26.1 Å². The van der Waals surface area contributed by atoms with Crippen molar-refractivity contribution in [3.8, 4) is 0 Å². The summed E-state index contributed by atoms with van der Waals surface area (Å²) in [6.07, 6.45) is 1.82. The van der Waals surface area contributed by atoms with Gasteiger partial charge in [0.2, 0.25) is 0 Å². The number of rotatable bonds is 3. The molecule has 5 heteroatoms. The number of fused-ring (bicyclic) bond motifs is 1. The molecular weight excluding hydrogens is 228 g/mol. The van der Waals surface area contributed by atoms with Crippen molar-refractivity contribution in [3.63, 3.8) is 0 Å². The Bertz CT molecular complexity index is 551. The van der Waals surface area contributed by atoms with E-state index in [1.807, 2.05) is 25.4 Å². The second kappa shape index (κ2) is 4.66. The van der Waals surface area contributed by atoms with Gasteiger partial charge >= 0.3 is 0 Å². The van der Waals surface area contributed by atoms with Crippen LogP contribution in [0.3, 0.4) is 0 Å². The zero-order valence-corrected chi connectivity index (χ0v) is 10.8. The Morgan fingerprint density at radius 3 is 3.17 bits per heavy atom. The van der Waals surface area contributed by atoms with Crippen LogP contribution in [0.2, 0.25) is 0 Å². The summed E-state index contributed by atoms with van der Waals surface area (Å²) >= 11 is 0. The highest BCUT2D eigenvalue weighted by atomic mass is 16.5. The number of hydrogen-bond acceptors (Lipinski definition) is 4. The molecule has 1 aliphatic rings. The predicted molar refractivity (Wildman–Crippen MR) is 69.6 cm³/mol. The number of aryl methyl sites for hydroxylation is 1. The molecule has 1 saturated heterocycles. The van der Waals surface area contributed by atoms with Gasteiger partial charge in [0.1, 0.15) is 11.3 Å². The molecule has 2 atom stereocenters. The molecule has 0 amide bonds. The SMILES string of the molecule is CCn1c(C2COCC2NC)nc2cccnc21. The molecule has 0 bridgehead atoms. The zero-order valence-electron chi connectivity index (χ0n) is 10.8. The number of aromatic nitrogens is 3. The Balaban J connectivity index is 2.10. The molecule has 0 aliphatic carbocycles. The number of nitrogens with zero attached hydrogens (tertiary/aromatic N) is 3. The summed E-state index contributed by atoms with van der Waals surface area (Å²) in [7, 11) is 1.98. The Hall–Kier alpha value is -1.46. The number of imidazole rings is 1. The average Bonchev–Trinajstić information content (AvgIpc) is 3.01. The second-order valence-corrected chi connectivity index (χ2v) is 4.60. The van der Waals surface area contributed by atoms with Crippen LogP contribution in [0.4, 0.5) is 0 Å². The molecule has 2 unspecified atom stereocenters. The van der Waals surface area contributed by atoms with Crippen LogP contribution in [0.1, 0.15) is 18.7 Å². The molecule has 18 heavy (non-hydrogen) atoms. The number of likely N-dealkylation sites (N-methyl/N-ethyl adjacent to an activating group) is 1. The molecule has 5 nitrogen and oxygen atoms in total. The van der Waals surface area contributed by atoms with E-state index in [2.05, 4.69) is 21.8 Å². The smallest absolute Gasteiger partial charge is 0.159 e. The number of pyridine rings is 1. The van der Waals surface area contributed by atoms with Crippen LogP contribution in [-0.2, 0) is 11.3 Å². The Labute approximate surface area is 106 Å². The number of hydrogen-bond donors (Lipinski definition) is 1. The van der Waals surface area contributed by atoms with E-state index in [0.29, 0.717) is 12.0 Å². The molecule has 0 saturated carbocycles. The Morgan fingerprint density at radius 1 is 1.50 bits per heavy atom. The van der Waals surface area contributed by atoms with E-state index >= 15 is 0 Å². The molecule has 3 heterocycles. The van der Waals surface area contributed by atoms with Crippen molar-refractivity contribution in [2.75, 3.05) is 20.3 Å². The van der Waals surface area contributed by atoms with Crippen molar-refractivity contribution in [3.05, 3.63) is 24.2 Å². The summed E-state index contributed by atoms with van der Waals surface area (Å²) in [5, 5.41) is 3.31. The monoisotopic (exact) mass is 246 g/mol. The molecule has 0 spiro atoms. The quantitative estimate of drug-likeness (QED) is 0.882. The van der Waals surface area contributed by atoms with Crippen molar-refractivity contribution < 1.29 is 4.74 Å². The first-order valence-electron chi connectivity index (χ1n) is 6.41. The second-order valence-electron chi connectivity index (χ2n) is 4.60. The Morgan fingerprint density at radius 2 is 2.39 bits per heavy atom. The zero-order chi connectivity index (χ0) is 12.5. The van der Waals surface area contributed by atoms with Gasteiger partial charge in [-0.1, -0.05) is 0 Å². The first-order valence-corrected chi connectivity index (χ1v) is 6.41. The molecule has 1 N–H and O–H groups in total.